The largest absolute Gasteiger partial charge is 0.508 e. The van der Waals surface area contributed by atoms with E-state index in [0.29, 0.717) is 24.0 Å². The molecule has 1 aliphatic heterocycles. The zero-order chi connectivity index (χ0) is 38.4. The maximum Gasteiger partial charge on any atom is 0.326 e. The summed E-state index contributed by atoms with van der Waals surface area (Å²) in [5.41, 5.74) is 7.13. The summed E-state index contributed by atoms with van der Waals surface area (Å²) in [7, 11) is 0. The molecule has 0 aliphatic carbocycles. The van der Waals surface area contributed by atoms with Gasteiger partial charge in [-0.3, -0.25) is 19.2 Å². The molecule has 0 saturated carbocycles. The lowest BCUT2D eigenvalue weighted by Crippen LogP contribution is -2.60. The highest BCUT2D eigenvalue weighted by Gasteiger charge is 2.41. The van der Waals surface area contributed by atoms with Gasteiger partial charge in [-0.25, -0.2) is 4.79 Å². The van der Waals surface area contributed by atoms with E-state index in [-0.39, 0.29) is 37.3 Å². The van der Waals surface area contributed by atoms with Crippen molar-refractivity contribution in [1.82, 2.24) is 20.9 Å². The summed E-state index contributed by atoms with van der Waals surface area (Å²) >= 11 is 0. The second kappa shape index (κ2) is 20.3. The number of nitrogens with zero attached hydrogens (tertiary/aromatic N) is 1. The minimum Gasteiger partial charge on any atom is -0.508 e. The lowest BCUT2D eigenvalue weighted by atomic mass is 10.0. The number of amides is 4. The molecule has 286 valence electrons. The van der Waals surface area contributed by atoms with E-state index >= 15 is 0 Å². The van der Waals surface area contributed by atoms with Gasteiger partial charge < -0.3 is 52.1 Å². The zero-order valence-electron chi connectivity index (χ0n) is 29.7. The van der Waals surface area contributed by atoms with Crippen LogP contribution in [0.25, 0.3) is 0 Å². The van der Waals surface area contributed by atoms with Crippen LogP contribution in [0.3, 0.4) is 0 Å². The Morgan fingerprint density at radius 2 is 1.37 bits per heavy atom. The first-order valence-electron chi connectivity index (χ1n) is 17.8. The highest BCUT2D eigenvalue weighted by molar-refractivity contribution is 5.96. The van der Waals surface area contributed by atoms with Crippen LogP contribution in [0.15, 0.2) is 48.5 Å². The van der Waals surface area contributed by atoms with Gasteiger partial charge in [0.1, 0.15) is 41.8 Å². The van der Waals surface area contributed by atoms with Crippen LogP contribution in [0.1, 0.15) is 76.3 Å². The number of aromatic hydroxyl groups is 2. The lowest BCUT2D eigenvalue weighted by Gasteiger charge is -2.31. The molecule has 7 atom stereocenters. The first kappa shape index (κ1) is 41.7. The standard InChI is InChI=1S/C37H53N5O10/c1-3-4-5-6-7-9-27(38)32(46)35(49)41-31(22(2)43)36(50)42-19-8-10-30(42)34(48)39-28(20-23-11-15-25(44)16-12-23)33(47)40-29(37(51)52)21-24-13-17-26(45)18-14-24/h11-18,22,27-32,43-46H,3-10,19-21,38H2,1-2H3,(H,39,48)(H,40,47)(H,41,49)(H,51,52)/t22-,27+,28+,29-,30-,31-,32-/m1/s1. The molecule has 15 nitrogen and oxygen atoms in total. The minimum absolute atomic E-state index is 0.0109. The van der Waals surface area contributed by atoms with E-state index in [1.165, 1.54) is 48.2 Å². The summed E-state index contributed by atoms with van der Waals surface area (Å²) in [4.78, 5) is 67.4. The number of carboxylic acids is 1. The molecule has 0 bridgehead atoms. The van der Waals surface area contributed by atoms with Crippen molar-refractivity contribution in [2.45, 2.75) is 120 Å². The van der Waals surface area contributed by atoms with Crippen LogP contribution >= 0.6 is 0 Å². The van der Waals surface area contributed by atoms with Gasteiger partial charge in [0, 0.05) is 25.4 Å². The Bertz CT molecular complexity index is 1490. The molecule has 2 aromatic rings. The van der Waals surface area contributed by atoms with Crippen LogP contribution in [0.5, 0.6) is 11.5 Å². The third-order valence-electron chi connectivity index (χ3n) is 9.20. The maximum absolute atomic E-state index is 13.8. The van der Waals surface area contributed by atoms with Gasteiger partial charge in [0.25, 0.3) is 5.91 Å². The highest BCUT2D eigenvalue weighted by Crippen LogP contribution is 2.21. The number of aliphatic hydroxyl groups excluding tert-OH is 2. The first-order chi connectivity index (χ1) is 24.7. The number of carbonyl (C=O) groups excluding carboxylic acids is 4. The van der Waals surface area contributed by atoms with Gasteiger partial charge in [-0.2, -0.15) is 0 Å². The fourth-order valence-corrected chi connectivity index (χ4v) is 6.13. The van der Waals surface area contributed by atoms with Gasteiger partial charge in [-0.05, 0) is 61.6 Å². The molecule has 3 rings (SSSR count). The summed E-state index contributed by atoms with van der Waals surface area (Å²) in [5, 5.41) is 57.8. The summed E-state index contributed by atoms with van der Waals surface area (Å²) < 4.78 is 0. The number of nitrogens with two attached hydrogens (primary N) is 1. The number of phenolic OH excluding ortho intramolecular Hbond substituents is 2. The highest BCUT2D eigenvalue weighted by atomic mass is 16.4. The number of unbranched alkanes of at least 4 members (excludes halogenated alkanes) is 4. The summed E-state index contributed by atoms with van der Waals surface area (Å²) in [6.07, 6.45) is 2.55. The van der Waals surface area contributed by atoms with Gasteiger partial charge in [0.2, 0.25) is 17.7 Å². The van der Waals surface area contributed by atoms with Crippen molar-refractivity contribution in [2.75, 3.05) is 6.54 Å². The number of likely N-dealkylation sites (tertiary alicyclic amines) is 1. The van der Waals surface area contributed by atoms with Crippen LogP contribution in [0.4, 0.5) is 0 Å². The molecule has 1 heterocycles. The Morgan fingerprint density at radius 1 is 0.808 bits per heavy atom. The van der Waals surface area contributed by atoms with Crippen LogP contribution in [-0.2, 0) is 36.8 Å². The van der Waals surface area contributed by atoms with Crippen LogP contribution in [0.2, 0.25) is 0 Å². The fourth-order valence-electron chi connectivity index (χ4n) is 6.13. The molecular formula is C37H53N5O10. The quantitative estimate of drug-likeness (QED) is 0.0865. The number of phenols is 2. The number of nitrogens with one attached hydrogen (secondary N) is 3. The normalized spacial score (nSPS) is 17.6. The van der Waals surface area contributed by atoms with Crippen molar-refractivity contribution in [3.63, 3.8) is 0 Å². The molecule has 10 N–H and O–H groups in total. The Hall–Kier alpha value is -4.73. The number of hydrogen-bond donors (Lipinski definition) is 9. The van der Waals surface area contributed by atoms with E-state index in [4.69, 9.17) is 5.73 Å². The van der Waals surface area contributed by atoms with Crippen LogP contribution in [-0.4, -0.2) is 109 Å². The number of benzene rings is 2. The van der Waals surface area contributed by atoms with Gasteiger partial charge in [0.15, 0.2) is 0 Å². The molecule has 0 unspecified atom stereocenters. The molecule has 0 spiro atoms. The average molecular weight is 728 g/mol. The monoisotopic (exact) mass is 727 g/mol. The second-order valence-electron chi connectivity index (χ2n) is 13.4. The Labute approximate surface area is 303 Å². The third-order valence-corrected chi connectivity index (χ3v) is 9.20. The van der Waals surface area contributed by atoms with E-state index < -0.39 is 72.0 Å². The number of aliphatic hydroxyl groups is 2. The number of carboxylic acid groups (broad SMARTS) is 1. The molecule has 4 amide bonds. The molecule has 52 heavy (non-hydrogen) atoms. The summed E-state index contributed by atoms with van der Waals surface area (Å²) in [6, 6.07) is 5.54. The number of rotatable bonds is 20. The van der Waals surface area contributed by atoms with Gasteiger partial charge in [-0.1, -0.05) is 63.3 Å². The molecular weight excluding hydrogens is 674 g/mol. The van der Waals surface area contributed by atoms with Gasteiger partial charge in [-0.15, -0.1) is 0 Å². The van der Waals surface area contributed by atoms with Crippen LogP contribution in [0, 0.1) is 0 Å². The van der Waals surface area contributed by atoms with Crippen molar-refractivity contribution in [2.24, 2.45) is 5.73 Å². The smallest absolute Gasteiger partial charge is 0.326 e. The van der Waals surface area contributed by atoms with E-state index in [1.807, 2.05) is 0 Å². The zero-order valence-corrected chi connectivity index (χ0v) is 29.7. The number of carbonyl (C=O) groups is 5. The third kappa shape index (κ3) is 12.5. The minimum atomic E-state index is -1.62. The van der Waals surface area contributed by atoms with Crippen LogP contribution < -0.4 is 21.7 Å². The Morgan fingerprint density at radius 3 is 1.90 bits per heavy atom. The lowest BCUT2D eigenvalue weighted by molar-refractivity contribution is -0.146. The molecule has 0 radical (unpaired) electrons. The molecule has 1 saturated heterocycles. The van der Waals surface area contributed by atoms with Crippen molar-refractivity contribution >= 4 is 29.6 Å². The first-order valence-corrected chi connectivity index (χ1v) is 17.8. The molecule has 2 aromatic carbocycles. The van der Waals surface area contributed by atoms with Gasteiger partial charge in [0.05, 0.1) is 6.10 Å². The van der Waals surface area contributed by atoms with Crippen molar-refractivity contribution in [1.29, 1.82) is 0 Å². The predicted molar refractivity (Wildman–Crippen MR) is 191 cm³/mol. The summed E-state index contributed by atoms with van der Waals surface area (Å²) in [5.74, 6) is -4.57. The topological polar surface area (TPSA) is 252 Å². The van der Waals surface area contributed by atoms with E-state index in [1.54, 1.807) is 12.1 Å². The Kier molecular flexibility index (Phi) is 16.3. The molecule has 15 heteroatoms. The van der Waals surface area contributed by atoms with E-state index in [2.05, 4.69) is 22.9 Å². The SMILES string of the molecule is CCCCCCC[C@H](N)[C@@H](O)C(=O)N[C@@H](C(=O)N1CCC[C@@H]1C(=O)N[C@@H](Cc1ccc(O)cc1)C(=O)N[C@H](Cc1ccc(O)cc1)C(=O)O)[C@@H](C)O. The second-order valence-corrected chi connectivity index (χ2v) is 13.4. The van der Waals surface area contributed by atoms with Gasteiger partial charge >= 0.3 is 5.97 Å². The van der Waals surface area contributed by atoms with E-state index in [0.717, 1.165) is 32.1 Å². The maximum atomic E-state index is 13.8. The predicted octanol–water partition coefficient (Wildman–Crippen LogP) is 0.843. The number of aliphatic carboxylic acids is 1. The fraction of sp³-hybridized carbons (Fsp3) is 0.541. The van der Waals surface area contributed by atoms with Crippen molar-refractivity contribution < 1.29 is 49.5 Å². The number of hydrogen-bond acceptors (Lipinski definition) is 10. The molecule has 1 aliphatic rings. The summed E-state index contributed by atoms with van der Waals surface area (Å²) in [6.45, 7) is 3.49. The molecule has 0 aromatic heterocycles. The molecule has 1 fully saturated rings. The Balaban J connectivity index is 1.74. The van der Waals surface area contributed by atoms with E-state index in [9.17, 15) is 49.5 Å². The average Bonchev–Trinajstić information content (AvgIpc) is 3.61. The van der Waals surface area contributed by atoms with Crippen molar-refractivity contribution in [3.05, 3.63) is 59.7 Å². The van der Waals surface area contributed by atoms with Crippen molar-refractivity contribution in [3.8, 4) is 11.5 Å².